The summed E-state index contributed by atoms with van der Waals surface area (Å²) < 4.78 is 0. The maximum Gasteiger partial charge on any atom is 0.179 e. The molecule has 0 aliphatic carbocycles. The van der Waals surface area contributed by atoms with Gasteiger partial charge in [-0.1, -0.05) is 43.2 Å². The van der Waals surface area contributed by atoms with Gasteiger partial charge < -0.3 is 14.8 Å². The number of H-pyrrole nitrogens is 1. The molecule has 2 fully saturated rings. The summed E-state index contributed by atoms with van der Waals surface area (Å²) >= 11 is 0. The fourth-order valence-electron chi connectivity index (χ4n) is 5.46. The Kier molecular flexibility index (Phi) is 6.37. The highest BCUT2D eigenvalue weighted by atomic mass is 16.1. The van der Waals surface area contributed by atoms with Crippen molar-refractivity contribution >= 4 is 27.5 Å². The van der Waals surface area contributed by atoms with Gasteiger partial charge in [-0.15, -0.1) is 0 Å². The van der Waals surface area contributed by atoms with Crippen LogP contribution in [0.25, 0.3) is 21.7 Å². The topological polar surface area (TPSA) is 39.3 Å². The Bertz CT molecular complexity index is 1020. The first kappa shape index (κ1) is 20.7. The number of benzene rings is 2. The molecule has 0 bridgehead atoms. The fourth-order valence-corrected chi connectivity index (χ4v) is 5.46. The largest absolute Gasteiger partial charge is 0.352 e. The van der Waals surface area contributed by atoms with Gasteiger partial charge in [-0.2, -0.15) is 0 Å². The van der Waals surface area contributed by atoms with E-state index in [1.165, 1.54) is 62.6 Å². The van der Waals surface area contributed by atoms with Gasteiger partial charge in [-0.05, 0) is 80.7 Å². The Morgan fingerprint density at radius 3 is 2.32 bits per heavy atom. The fraction of sp³-hybridized carbons (Fsp3) is 0.519. The van der Waals surface area contributed by atoms with Crippen molar-refractivity contribution in [3.63, 3.8) is 0 Å². The van der Waals surface area contributed by atoms with E-state index in [4.69, 9.17) is 0 Å². The summed E-state index contributed by atoms with van der Waals surface area (Å²) in [5.41, 5.74) is 1.83. The summed E-state index contributed by atoms with van der Waals surface area (Å²) in [7, 11) is 0. The molecule has 1 aromatic heterocycles. The minimum atomic E-state index is 0.267. The molecule has 2 aliphatic rings. The van der Waals surface area contributed by atoms with Crippen LogP contribution in [0.15, 0.2) is 42.5 Å². The van der Waals surface area contributed by atoms with Gasteiger partial charge in [0, 0.05) is 30.4 Å². The van der Waals surface area contributed by atoms with Crippen molar-refractivity contribution in [2.24, 2.45) is 5.92 Å². The molecular formula is C27H35N3O. The van der Waals surface area contributed by atoms with Crippen molar-refractivity contribution < 1.29 is 4.79 Å². The zero-order valence-electron chi connectivity index (χ0n) is 18.6. The van der Waals surface area contributed by atoms with E-state index in [1.54, 1.807) is 0 Å². The Morgan fingerprint density at radius 1 is 0.839 bits per heavy atom. The van der Waals surface area contributed by atoms with E-state index < -0.39 is 0 Å². The number of likely N-dealkylation sites (tertiary alicyclic amines) is 2. The number of piperidine rings is 1. The van der Waals surface area contributed by atoms with Gasteiger partial charge in [0.2, 0.25) is 0 Å². The quantitative estimate of drug-likeness (QED) is 0.540. The van der Waals surface area contributed by atoms with Crippen molar-refractivity contribution in [3.05, 3.63) is 48.2 Å². The predicted molar refractivity (Wildman–Crippen MR) is 129 cm³/mol. The normalized spacial score (nSPS) is 19.7. The van der Waals surface area contributed by atoms with Crippen LogP contribution in [0.3, 0.4) is 0 Å². The third-order valence-corrected chi connectivity index (χ3v) is 7.44. The van der Waals surface area contributed by atoms with Crippen molar-refractivity contribution in [1.29, 1.82) is 0 Å². The van der Waals surface area contributed by atoms with Crippen LogP contribution in [0.2, 0.25) is 0 Å². The zero-order valence-corrected chi connectivity index (χ0v) is 18.6. The summed E-state index contributed by atoms with van der Waals surface area (Å²) in [6, 6.07) is 14.7. The van der Waals surface area contributed by atoms with Gasteiger partial charge >= 0.3 is 0 Å². The third kappa shape index (κ3) is 4.86. The number of Topliss-reactive ketones (excluding diaryl/α,β-unsaturated/α-hetero) is 1. The van der Waals surface area contributed by atoms with Crippen LogP contribution in [-0.4, -0.2) is 59.8 Å². The summed E-state index contributed by atoms with van der Waals surface area (Å²) in [5.74, 6) is 0.786. The summed E-state index contributed by atoms with van der Waals surface area (Å²) in [6.45, 7) is 7.25. The number of hydrogen-bond donors (Lipinski definition) is 1. The predicted octanol–water partition coefficient (Wildman–Crippen LogP) is 5.48. The van der Waals surface area contributed by atoms with E-state index in [0.717, 1.165) is 42.5 Å². The highest BCUT2D eigenvalue weighted by Gasteiger charge is 2.23. The number of rotatable bonds is 6. The summed E-state index contributed by atoms with van der Waals surface area (Å²) in [4.78, 5) is 21.7. The lowest BCUT2D eigenvalue weighted by atomic mass is 9.91. The van der Waals surface area contributed by atoms with Crippen LogP contribution >= 0.6 is 0 Å². The maximum atomic E-state index is 13.0. The molecule has 31 heavy (non-hydrogen) atoms. The number of hydrogen-bond acceptors (Lipinski definition) is 3. The van der Waals surface area contributed by atoms with E-state index in [1.807, 2.05) is 0 Å². The van der Waals surface area contributed by atoms with E-state index in [9.17, 15) is 4.79 Å². The molecule has 0 amide bonds. The summed E-state index contributed by atoms with van der Waals surface area (Å²) in [6.07, 6.45) is 8.51. The molecule has 1 N–H and O–H groups in total. The monoisotopic (exact) mass is 417 g/mol. The number of nitrogens with one attached hydrogen (secondary N) is 1. The molecule has 2 saturated heterocycles. The first-order chi connectivity index (χ1) is 15.3. The number of ketones is 1. The number of nitrogens with zero attached hydrogens (tertiary/aromatic N) is 2. The van der Waals surface area contributed by atoms with E-state index in [2.05, 4.69) is 57.2 Å². The minimum Gasteiger partial charge on any atom is -0.352 e. The van der Waals surface area contributed by atoms with Gasteiger partial charge in [-0.3, -0.25) is 4.79 Å². The van der Waals surface area contributed by atoms with Crippen molar-refractivity contribution in [2.75, 3.05) is 39.3 Å². The van der Waals surface area contributed by atoms with Crippen LogP contribution in [0.1, 0.15) is 55.4 Å². The SMILES string of the molecule is O=C(CC1CCN(CCN2CCCCCC2)CC1)c1cc2c(ccc3ccccc32)[nH]1. The Labute approximate surface area is 185 Å². The second kappa shape index (κ2) is 9.54. The van der Waals surface area contributed by atoms with Gasteiger partial charge in [0.15, 0.2) is 5.78 Å². The zero-order chi connectivity index (χ0) is 21.0. The highest BCUT2D eigenvalue weighted by Crippen LogP contribution is 2.28. The molecule has 2 aromatic carbocycles. The summed E-state index contributed by atoms with van der Waals surface area (Å²) in [5, 5.41) is 3.60. The molecule has 0 radical (unpaired) electrons. The van der Waals surface area contributed by atoms with Crippen molar-refractivity contribution in [1.82, 2.24) is 14.8 Å². The molecular weight excluding hydrogens is 382 g/mol. The lowest BCUT2D eigenvalue weighted by Crippen LogP contribution is -2.40. The molecule has 4 heteroatoms. The van der Waals surface area contributed by atoms with Crippen LogP contribution in [0.4, 0.5) is 0 Å². The van der Waals surface area contributed by atoms with Crippen LogP contribution in [-0.2, 0) is 0 Å². The van der Waals surface area contributed by atoms with Gasteiger partial charge in [0.05, 0.1) is 5.69 Å². The van der Waals surface area contributed by atoms with Gasteiger partial charge in [-0.25, -0.2) is 0 Å². The Morgan fingerprint density at radius 2 is 1.55 bits per heavy atom. The molecule has 5 rings (SSSR count). The van der Waals surface area contributed by atoms with Gasteiger partial charge in [0.25, 0.3) is 0 Å². The van der Waals surface area contributed by atoms with Crippen LogP contribution < -0.4 is 0 Å². The Hall–Kier alpha value is -2.17. The van der Waals surface area contributed by atoms with E-state index in [-0.39, 0.29) is 5.78 Å². The minimum absolute atomic E-state index is 0.267. The lowest BCUT2D eigenvalue weighted by molar-refractivity contribution is 0.0918. The highest BCUT2D eigenvalue weighted by molar-refractivity contribution is 6.10. The molecule has 0 atom stereocenters. The number of carbonyl (C=O) groups excluding carboxylic acids is 1. The standard InChI is InChI=1S/C27H35N3O/c31-27(26-20-24-23-8-4-3-7-22(23)9-10-25(24)28-26)19-21-11-15-30(16-12-21)18-17-29-13-5-1-2-6-14-29/h3-4,7-10,20-21,28H,1-2,5-6,11-19H2. The van der Waals surface area contributed by atoms with Crippen LogP contribution in [0.5, 0.6) is 0 Å². The second-order valence-corrected chi connectivity index (χ2v) is 9.60. The smallest absolute Gasteiger partial charge is 0.179 e. The Balaban J connectivity index is 1.14. The van der Waals surface area contributed by atoms with Gasteiger partial charge in [0.1, 0.15) is 0 Å². The van der Waals surface area contributed by atoms with E-state index in [0.29, 0.717) is 12.3 Å². The maximum absolute atomic E-state index is 13.0. The molecule has 0 saturated carbocycles. The average Bonchev–Trinajstić information content (AvgIpc) is 3.08. The molecule has 2 aliphatic heterocycles. The number of aromatic nitrogens is 1. The number of fused-ring (bicyclic) bond motifs is 3. The molecule has 4 nitrogen and oxygen atoms in total. The van der Waals surface area contributed by atoms with E-state index >= 15 is 0 Å². The molecule has 3 heterocycles. The van der Waals surface area contributed by atoms with Crippen molar-refractivity contribution in [2.45, 2.75) is 44.9 Å². The molecule has 0 spiro atoms. The van der Waals surface area contributed by atoms with Crippen molar-refractivity contribution in [3.8, 4) is 0 Å². The third-order valence-electron chi connectivity index (χ3n) is 7.44. The van der Waals surface area contributed by atoms with Crippen LogP contribution in [0, 0.1) is 5.92 Å². The average molecular weight is 418 g/mol. The number of aromatic amines is 1. The molecule has 0 unspecified atom stereocenters. The number of carbonyl (C=O) groups is 1. The molecule has 3 aromatic rings. The first-order valence-corrected chi connectivity index (χ1v) is 12.2. The lowest BCUT2D eigenvalue weighted by Gasteiger charge is -2.33. The second-order valence-electron chi connectivity index (χ2n) is 9.60. The first-order valence-electron chi connectivity index (χ1n) is 12.2. The molecule has 164 valence electrons.